The van der Waals surface area contributed by atoms with Crippen LogP contribution in [0.2, 0.25) is 0 Å². The molecule has 18 heavy (non-hydrogen) atoms. The summed E-state index contributed by atoms with van der Waals surface area (Å²) in [6, 6.07) is 1.85. The lowest BCUT2D eigenvalue weighted by Gasteiger charge is -2.17. The van der Waals surface area contributed by atoms with Gasteiger partial charge in [0, 0.05) is 31.7 Å². The van der Waals surface area contributed by atoms with Crippen LogP contribution in [0.3, 0.4) is 0 Å². The van der Waals surface area contributed by atoms with Gasteiger partial charge in [-0.2, -0.15) is 0 Å². The Bertz CT molecular complexity index is 505. The summed E-state index contributed by atoms with van der Waals surface area (Å²) in [6.07, 6.45) is 5.67. The van der Waals surface area contributed by atoms with Crippen LogP contribution < -0.4 is 0 Å². The van der Waals surface area contributed by atoms with Gasteiger partial charge in [-0.05, 0) is 12.6 Å². The first-order valence-electron chi connectivity index (χ1n) is 5.91. The Morgan fingerprint density at radius 3 is 3.06 bits per heavy atom. The number of carboxylic acids is 1. The maximum absolute atomic E-state index is 10.6. The van der Waals surface area contributed by atoms with E-state index in [0.717, 1.165) is 12.2 Å². The van der Waals surface area contributed by atoms with E-state index in [-0.39, 0.29) is 6.42 Å². The monoisotopic (exact) mass is 248 g/mol. The maximum Gasteiger partial charge on any atom is 0.304 e. The SMILES string of the molecule is CCN(CCC(=O)O)Cc1cn2cccnc2n1. The Hall–Kier alpha value is -1.95. The van der Waals surface area contributed by atoms with E-state index in [1.165, 1.54) is 0 Å². The van der Waals surface area contributed by atoms with Crippen LogP contribution in [0.4, 0.5) is 0 Å². The molecule has 0 aliphatic heterocycles. The Labute approximate surface area is 105 Å². The first-order chi connectivity index (χ1) is 8.69. The van der Waals surface area contributed by atoms with Gasteiger partial charge in [-0.25, -0.2) is 9.97 Å². The van der Waals surface area contributed by atoms with Gasteiger partial charge in [0.2, 0.25) is 5.78 Å². The summed E-state index contributed by atoms with van der Waals surface area (Å²) >= 11 is 0. The van der Waals surface area contributed by atoms with Crippen molar-refractivity contribution < 1.29 is 9.90 Å². The van der Waals surface area contributed by atoms with Gasteiger partial charge in [-0.3, -0.25) is 14.1 Å². The molecular weight excluding hydrogens is 232 g/mol. The number of carboxylic acid groups (broad SMARTS) is 1. The van der Waals surface area contributed by atoms with Gasteiger partial charge in [0.25, 0.3) is 0 Å². The van der Waals surface area contributed by atoms with Crippen molar-refractivity contribution in [3.63, 3.8) is 0 Å². The highest BCUT2D eigenvalue weighted by molar-refractivity contribution is 5.66. The molecule has 0 unspecified atom stereocenters. The highest BCUT2D eigenvalue weighted by Crippen LogP contribution is 2.06. The molecule has 0 bridgehead atoms. The number of nitrogens with zero attached hydrogens (tertiary/aromatic N) is 4. The number of hydrogen-bond acceptors (Lipinski definition) is 4. The van der Waals surface area contributed by atoms with Crippen LogP contribution in [0.5, 0.6) is 0 Å². The minimum atomic E-state index is -0.773. The van der Waals surface area contributed by atoms with Crippen molar-refractivity contribution in [2.24, 2.45) is 0 Å². The van der Waals surface area contributed by atoms with Gasteiger partial charge in [-0.1, -0.05) is 6.92 Å². The molecule has 0 spiro atoms. The quantitative estimate of drug-likeness (QED) is 0.826. The van der Waals surface area contributed by atoms with Gasteiger partial charge >= 0.3 is 5.97 Å². The van der Waals surface area contributed by atoms with Crippen molar-refractivity contribution in [1.29, 1.82) is 0 Å². The fraction of sp³-hybridized carbons (Fsp3) is 0.417. The molecule has 2 heterocycles. The largest absolute Gasteiger partial charge is 0.481 e. The predicted molar refractivity (Wildman–Crippen MR) is 66.2 cm³/mol. The highest BCUT2D eigenvalue weighted by Gasteiger charge is 2.09. The third-order valence-corrected chi connectivity index (χ3v) is 2.76. The smallest absolute Gasteiger partial charge is 0.304 e. The number of hydrogen-bond donors (Lipinski definition) is 1. The minimum Gasteiger partial charge on any atom is -0.481 e. The van der Waals surface area contributed by atoms with E-state index in [0.29, 0.717) is 18.9 Å². The molecular formula is C12H16N4O2. The molecule has 6 heteroatoms. The van der Waals surface area contributed by atoms with Crippen molar-refractivity contribution in [1.82, 2.24) is 19.3 Å². The molecule has 0 saturated heterocycles. The van der Waals surface area contributed by atoms with Gasteiger partial charge in [-0.15, -0.1) is 0 Å². The lowest BCUT2D eigenvalue weighted by atomic mass is 10.3. The number of imidazole rings is 1. The molecule has 0 aliphatic carbocycles. The number of aromatic nitrogens is 3. The molecule has 0 amide bonds. The molecule has 0 atom stereocenters. The second-order valence-electron chi connectivity index (χ2n) is 4.07. The van der Waals surface area contributed by atoms with Gasteiger partial charge < -0.3 is 5.11 Å². The van der Waals surface area contributed by atoms with E-state index in [9.17, 15) is 4.79 Å². The second kappa shape index (κ2) is 5.59. The standard InChI is InChI=1S/C12H16N4O2/c1-2-15(7-4-11(17)18)8-10-9-16-6-3-5-13-12(16)14-10/h3,5-6,9H,2,4,7-8H2,1H3,(H,17,18). The molecule has 2 aromatic rings. The molecule has 0 aliphatic rings. The van der Waals surface area contributed by atoms with Crippen molar-refractivity contribution in [3.8, 4) is 0 Å². The van der Waals surface area contributed by atoms with Crippen LogP contribution in [-0.4, -0.2) is 43.4 Å². The van der Waals surface area contributed by atoms with E-state index in [4.69, 9.17) is 5.11 Å². The van der Waals surface area contributed by atoms with Gasteiger partial charge in [0.1, 0.15) is 0 Å². The number of fused-ring (bicyclic) bond motifs is 1. The summed E-state index contributed by atoms with van der Waals surface area (Å²) in [5, 5.41) is 8.68. The van der Waals surface area contributed by atoms with Crippen LogP contribution >= 0.6 is 0 Å². The van der Waals surface area contributed by atoms with E-state index >= 15 is 0 Å². The molecule has 1 N–H and O–H groups in total. The molecule has 2 rings (SSSR count). The molecule has 0 saturated carbocycles. The zero-order valence-electron chi connectivity index (χ0n) is 10.3. The predicted octanol–water partition coefficient (Wildman–Crippen LogP) is 1.03. The summed E-state index contributed by atoms with van der Waals surface area (Å²) in [7, 11) is 0. The highest BCUT2D eigenvalue weighted by atomic mass is 16.4. The summed E-state index contributed by atoms with van der Waals surface area (Å²) in [4.78, 5) is 21.1. The lowest BCUT2D eigenvalue weighted by Crippen LogP contribution is -2.25. The average molecular weight is 248 g/mol. The van der Waals surface area contributed by atoms with E-state index in [1.54, 1.807) is 6.20 Å². The van der Waals surface area contributed by atoms with Crippen molar-refractivity contribution in [2.45, 2.75) is 19.9 Å². The van der Waals surface area contributed by atoms with Crippen LogP contribution in [-0.2, 0) is 11.3 Å². The van der Waals surface area contributed by atoms with E-state index in [2.05, 4.69) is 14.9 Å². The Kier molecular flexibility index (Phi) is 3.88. The molecule has 2 aromatic heterocycles. The average Bonchev–Trinajstić information content (AvgIpc) is 2.76. The minimum absolute atomic E-state index is 0.152. The first-order valence-corrected chi connectivity index (χ1v) is 5.91. The van der Waals surface area contributed by atoms with E-state index < -0.39 is 5.97 Å². The zero-order chi connectivity index (χ0) is 13.0. The number of aliphatic carboxylic acids is 1. The van der Waals surface area contributed by atoms with Crippen LogP contribution in [0.15, 0.2) is 24.7 Å². The summed E-state index contributed by atoms with van der Waals surface area (Å²) in [5.74, 6) is -0.105. The fourth-order valence-corrected chi connectivity index (χ4v) is 1.79. The van der Waals surface area contributed by atoms with Crippen molar-refractivity contribution >= 4 is 11.7 Å². The summed E-state index contributed by atoms with van der Waals surface area (Å²) in [5.41, 5.74) is 0.904. The molecule has 0 radical (unpaired) electrons. The van der Waals surface area contributed by atoms with Crippen LogP contribution in [0.1, 0.15) is 19.0 Å². The molecule has 6 nitrogen and oxygen atoms in total. The zero-order valence-corrected chi connectivity index (χ0v) is 10.3. The second-order valence-corrected chi connectivity index (χ2v) is 4.07. The van der Waals surface area contributed by atoms with Gasteiger partial charge in [0.05, 0.1) is 12.1 Å². The number of carbonyl (C=O) groups is 1. The van der Waals surface area contributed by atoms with Crippen molar-refractivity contribution in [2.75, 3.05) is 13.1 Å². The molecule has 0 aromatic carbocycles. The molecule has 96 valence electrons. The summed E-state index contributed by atoms with van der Waals surface area (Å²) in [6.45, 7) is 3.99. The third kappa shape index (κ3) is 3.04. The first kappa shape index (κ1) is 12.5. The summed E-state index contributed by atoms with van der Waals surface area (Å²) < 4.78 is 1.86. The number of rotatable bonds is 6. The Morgan fingerprint density at radius 2 is 2.39 bits per heavy atom. The van der Waals surface area contributed by atoms with Crippen LogP contribution in [0, 0.1) is 0 Å². The Morgan fingerprint density at radius 1 is 1.56 bits per heavy atom. The normalized spacial score (nSPS) is 11.2. The van der Waals surface area contributed by atoms with E-state index in [1.807, 2.05) is 29.8 Å². The molecule has 0 fully saturated rings. The third-order valence-electron chi connectivity index (χ3n) is 2.76. The fourth-order valence-electron chi connectivity index (χ4n) is 1.79. The van der Waals surface area contributed by atoms with Gasteiger partial charge in [0.15, 0.2) is 0 Å². The Balaban J connectivity index is 2.04. The van der Waals surface area contributed by atoms with Crippen LogP contribution in [0.25, 0.3) is 5.78 Å². The maximum atomic E-state index is 10.6. The topological polar surface area (TPSA) is 70.7 Å². The van der Waals surface area contributed by atoms with Crippen molar-refractivity contribution in [3.05, 3.63) is 30.4 Å². The lowest BCUT2D eigenvalue weighted by molar-refractivity contribution is -0.137.